The average molecular weight is 306 g/mol. The van der Waals surface area contributed by atoms with Crippen molar-refractivity contribution in [3.63, 3.8) is 0 Å². The molecule has 1 aliphatic heterocycles. The van der Waals surface area contributed by atoms with Crippen LogP contribution in [0.4, 0.5) is 0 Å². The third kappa shape index (κ3) is 4.07. The summed E-state index contributed by atoms with van der Waals surface area (Å²) < 4.78 is 5.70. The van der Waals surface area contributed by atoms with Gasteiger partial charge in [-0.1, -0.05) is 20.8 Å². The summed E-state index contributed by atoms with van der Waals surface area (Å²) in [7, 11) is 0. The fourth-order valence-corrected chi connectivity index (χ4v) is 3.46. The Bertz CT molecular complexity index is 469. The average Bonchev–Trinajstić information content (AvgIpc) is 3.23. The van der Waals surface area contributed by atoms with Gasteiger partial charge in [0.25, 0.3) is 0 Å². The first kappa shape index (κ1) is 15.9. The van der Waals surface area contributed by atoms with Gasteiger partial charge >= 0.3 is 0 Å². The maximum Gasteiger partial charge on any atom is 0.230 e. The molecule has 124 valence electrons. The molecule has 0 spiro atoms. The lowest BCUT2D eigenvalue weighted by Gasteiger charge is -2.34. The Balaban J connectivity index is 1.62. The van der Waals surface area contributed by atoms with Crippen LogP contribution in [0.15, 0.2) is 4.42 Å². The van der Waals surface area contributed by atoms with Crippen LogP contribution in [-0.4, -0.2) is 52.2 Å². The van der Waals surface area contributed by atoms with Crippen molar-refractivity contribution in [2.75, 3.05) is 26.2 Å². The Kier molecular flexibility index (Phi) is 5.14. The second-order valence-corrected chi connectivity index (χ2v) is 7.28. The SMILES string of the molecule is CCc1nnc(CN2CCCN(CC3CC3)[C@H](C(C)C)C2)o1. The first-order valence-electron chi connectivity index (χ1n) is 8.93. The predicted octanol–water partition coefficient (Wildman–Crippen LogP) is 2.57. The number of hydrogen-bond donors (Lipinski definition) is 0. The van der Waals surface area contributed by atoms with Gasteiger partial charge in [-0.2, -0.15) is 0 Å². The van der Waals surface area contributed by atoms with Gasteiger partial charge in [0, 0.05) is 25.6 Å². The summed E-state index contributed by atoms with van der Waals surface area (Å²) in [6.45, 7) is 12.4. The first-order valence-corrected chi connectivity index (χ1v) is 8.93. The molecule has 0 unspecified atom stereocenters. The number of hydrogen-bond acceptors (Lipinski definition) is 5. The molecule has 5 nitrogen and oxygen atoms in total. The van der Waals surface area contributed by atoms with Gasteiger partial charge in [0.15, 0.2) is 0 Å². The molecule has 22 heavy (non-hydrogen) atoms. The van der Waals surface area contributed by atoms with Gasteiger partial charge in [0.1, 0.15) is 0 Å². The number of aryl methyl sites for hydroxylation is 1. The van der Waals surface area contributed by atoms with Crippen molar-refractivity contribution >= 4 is 0 Å². The number of nitrogens with zero attached hydrogens (tertiary/aromatic N) is 4. The molecule has 2 fully saturated rings. The van der Waals surface area contributed by atoms with Gasteiger partial charge in [-0.05, 0) is 44.2 Å². The Morgan fingerprint density at radius 3 is 2.59 bits per heavy atom. The van der Waals surface area contributed by atoms with Crippen LogP contribution in [0.5, 0.6) is 0 Å². The molecule has 0 bridgehead atoms. The van der Waals surface area contributed by atoms with E-state index in [4.69, 9.17) is 4.42 Å². The standard InChI is InChI=1S/C17H30N4O/c1-4-16-18-19-17(22-16)12-20-8-5-9-21(10-14-6-7-14)15(11-20)13(2)3/h13-15H,4-12H2,1-3H3/t15-/m0/s1. The van der Waals surface area contributed by atoms with Crippen LogP contribution in [0.25, 0.3) is 0 Å². The van der Waals surface area contributed by atoms with E-state index in [1.165, 1.54) is 32.4 Å². The van der Waals surface area contributed by atoms with E-state index in [2.05, 4.69) is 33.8 Å². The fraction of sp³-hybridized carbons (Fsp3) is 0.882. The molecule has 3 rings (SSSR count). The summed E-state index contributed by atoms with van der Waals surface area (Å²) in [5, 5.41) is 8.27. The summed E-state index contributed by atoms with van der Waals surface area (Å²) >= 11 is 0. The van der Waals surface area contributed by atoms with Gasteiger partial charge in [0.05, 0.1) is 6.54 Å². The van der Waals surface area contributed by atoms with E-state index < -0.39 is 0 Å². The molecule has 1 saturated heterocycles. The topological polar surface area (TPSA) is 45.4 Å². The Morgan fingerprint density at radius 1 is 1.18 bits per heavy atom. The molecule has 2 heterocycles. The highest BCUT2D eigenvalue weighted by molar-refractivity contribution is 4.88. The first-order chi connectivity index (χ1) is 10.7. The van der Waals surface area contributed by atoms with Crippen LogP contribution < -0.4 is 0 Å². The molecule has 0 N–H and O–H groups in total. The quantitative estimate of drug-likeness (QED) is 0.808. The van der Waals surface area contributed by atoms with Crippen molar-refractivity contribution in [3.8, 4) is 0 Å². The van der Waals surface area contributed by atoms with Gasteiger partial charge in [-0.15, -0.1) is 10.2 Å². The third-order valence-electron chi connectivity index (χ3n) is 4.96. The molecular weight excluding hydrogens is 276 g/mol. The lowest BCUT2D eigenvalue weighted by Crippen LogP contribution is -2.45. The Hall–Kier alpha value is -0.940. The maximum absolute atomic E-state index is 5.70. The van der Waals surface area contributed by atoms with E-state index in [0.29, 0.717) is 12.0 Å². The van der Waals surface area contributed by atoms with Crippen molar-refractivity contribution in [3.05, 3.63) is 11.8 Å². The van der Waals surface area contributed by atoms with E-state index in [1.807, 2.05) is 6.92 Å². The highest BCUT2D eigenvalue weighted by Gasteiger charge is 2.32. The van der Waals surface area contributed by atoms with Gasteiger partial charge in [0.2, 0.25) is 11.8 Å². The summed E-state index contributed by atoms with van der Waals surface area (Å²) in [6, 6.07) is 0.650. The zero-order valence-electron chi connectivity index (χ0n) is 14.3. The van der Waals surface area contributed by atoms with Crippen LogP contribution in [0, 0.1) is 11.8 Å². The number of rotatable bonds is 6. The zero-order valence-corrected chi connectivity index (χ0v) is 14.3. The van der Waals surface area contributed by atoms with E-state index in [9.17, 15) is 0 Å². The van der Waals surface area contributed by atoms with E-state index in [-0.39, 0.29) is 0 Å². The zero-order chi connectivity index (χ0) is 15.5. The minimum Gasteiger partial charge on any atom is -0.424 e. The molecule has 0 radical (unpaired) electrons. The van der Waals surface area contributed by atoms with E-state index in [1.54, 1.807) is 0 Å². The summed E-state index contributed by atoms with van der Waals surface area (Å²) in [5.41, 5.74) is 0. The van der Waals surface area contributed by atoms with Gasteiger partial charge in [-0.25, -0.2) is 0 Å². The van der Waals surface area contributed by atoms with Crippen LogP contribution in [0.2, 0.25) is 0 Å². The molecule has 1 aliphatic carbocycles. The third-order valence-corrected chi connectivity index (χ3v) is 4.96. The molecule has 1 aromatic rings. The van der Waals surface area contributed by atoms with Gasteiger partial charge < -0.3 is 4.42 Å². The monoisotopic (exact) mass is 306 g/mol. The van der Waals surface area contributed by atoms with Crippen LogP contribution in [0.1, 0.15) is 51.8 Å². The normalized spacial score (nSPS) is 24.8. The smallest absolute Gasteiger partial charge is 0.230 e. The minimum atomic E-state index is 0.650. The second-order valence-electron chi connectivity index (χ2n) is 7.28. The van der Waals surface area contributed by atoms with Crippen molar-refractivity contribution in [1.29, 1.82) is 0 Å². The van der Waals surface area contributed by atoms with E-state index >= 15 is 0 Å². The molecule has 1 atom stereocenters. The Labute approximate surface area is 134 Å². The van der Waals surface area contributed by atoms with Crippen LogP contribution in [0.3, 0.4) is 0 Å². The largest absolute Gasteiger partial charge is 0.424 e. The van der Waals surface area contributed by atoms with Crippen LogP contribution >= 0.6 is 0 Å². The summed E-state index contributed by atoms with van der Waals surface area (Å²) in [6.07, 6.45) is 4.93. The molecule has 5 heteroatoms. The molecule has 1 saturated carbocycles. The lowest BCUT2D eigenvalue weighted by molar-refractivity contribution is 0.128. The van der Waals surface area contributed by atoms with Crippen molar-refractivity contribution in [2.24, 2.45) is 11.8 Å². The van der Waals surface area contributed by atoms with Crippen molar-refractivity contribution < 1.29 is 4.42 Å². The van der Waals surface area contributed by atoms with Gasteiger partial charge in [-0.3, -0.25) is 9.80 Å². The summed E-state index contributed by atoms with van der Waals surface area (Å²) in [5.74, 6) is 3.18. The highest BCUT2D eigenvalue weighted by Crippen LogP contribution is 2.32. The van der Waals surface area contributed by atoms with E-state index in [0.717, 1.165) is 43.8 Å². The Morgan fingerprint density at radius 2 is 1.95 bits per heavy atom. The second kappa shape index (κ2) is 7.09. The summed E-state index contributed by atoms with van der Waals surface area (Å²) in [4.78, 5) is 5.25. The molecule has 1 aromatic heterocycles. The molecule has 0 amide bonds. The van der Waals surface area contributed by atoms with Crippen molar-refractivity contribution in [1.82, 2.24) is 20.0 Å². The van der Waals surface area contributed by atoms with Crippen LogP contribution in [-0.2, 0) is 13.0 Å². The molecular formula is C17H30N4O. The minimum absolute atomic E-state index is 0.650. The maximum atomic E-state index is 5.70. The molecule has 2 aliphatic rings. The molecule has 0 aromatic carbocycles. The lowest BCUT2D eigenvalue weighted by atomic mass is 10.0. The fourth-order valence-electron chi connectivity index (χ4n) is 3.46. The highest BCUT2D eigenvalue weighted by atomic mass is 16.4. The van der Waals surface area contributed by atoms with Crippen molar-refractivity contribution in [2.45, 2.75) is 59.0 Å². The predicted molar refractivity (Wildman–Crippen MR) is 86.5 cm³/mol. The number of aromatic nitrogens is 2.